The van der Waals surface area contributed by atoms with Gasteiger partial charge in [0, 0.05) is 30.1 Å². The minimum absolute atomic E-state index is 0.566. The van der Waals surface area contributed by atoms with Crippen LogP contribution in [0.4, 0.5) is 11.5 Å². The van der Waals surface area contributed by atoms with Crippen molar-refractivity contribution in [1.82, 2.24) is 9.97 Å². The molecule has 3 N–H and O–H groups in total. The number of nitrogens with zero attached hydrogens (tertiary/aromatic N) is 2. The molecule has 1 aliphatic heterocycles. The van der Waals surface area contributed by atoms with Crippen LogP contribution in [0.2, 0.25) is 0 Å². The quantitative estimate of drug-likeness (QED) is 0.803. The molecule has 0 bridgehead atoms. The van der Waals surface area contributed by atoms with E-state index in [4.69, 9.17) is 10.5 Å². The summed E-state index contributed by atoms with van der Waals surface area (Å²) in [7, 11) is 0. The van der Waals surface area contributed by atoms with Crippen molar-refractivity contribution >= 4 is 22.4 Å². The van der Waals surface area contributed by atoms with Crippen LogP contribution in [0.3, 0.4) is 0 Å². The van der Waals surface area contributed by atoms with E-state index in [-0.39, 0.29) is 0 Å². The number of benzene rings is 1. The van der Waals surface area contributed by atoms with Crippen molar-refractivity contribution in [2.24, 2.45) is 5.92 Å². The van der Waals surface area contributed by atoms with Crippen LogP contribution in [0, 0.1) is 5.92 Å². The lowest BCUT2D eigenvalue weighted by Crippen LogP contribution is -2.15. The van der Waals surface area contributed by atoms with Crippen LogP contribution in [0.1, 0.15) is 6.42 Å². The SMILES string of the molecule is Nc1ccc2ncnc(NCC3CCOC3)c2c1. The lowest BCUT2D eigenvalue weighted by molar-refractivity contribution is 0.187. The van der Waals surface area contributed by atoms with Gasteiger partial charge in [-0.05, 0) is 24.6 Å². The Balaban J connectivity index is 1.84. The Morgan fingerprint density at radius 3 is 3.17 bits per heavy atom. The Kier molecular flexibility index (Phi) is 2.98. The predicted molar refractivity (Wildman–Crippen MR) is 71.4 cm³/mol. The van der Waals surface area contributed by atoms with E-state index in [0.717, 1.165) is 48.6 Å². The van der Waals surface area contributed by atoms with Crippen LogP contribution < -0.4 is 11.1 Å². The number of rotatable bonds is 3. The summed E-state index contributed by atoms with van der Waals surface area (Å²) in [6.07, 6.45) is 2.68. The zero-order valence-electron chi connectivity index (χ0n) is 10.1. The highest BCUT2D eigenvalue weighted by molar-refractivity contribution is 5.91. The number of fused-ring (bicyclic) bond motifs is 1. The van der Waals surface area contributed by atoms with Crippen molar-refractivity contribution < 1.29 is 4.74 Å². The second-order valence-electron chi connectivity index (χ2n) is 4.61. The lowest BCUT2D eigenvalue weighted by atomic mass is 10.1. The van der Waals surface area contributed by atoms with E-state index in [0.29, 0.717) is 5.92 Å². The van der Waals surface area contributed by atoms with E-state index < -0.39 is 0 Å². The fourth-order valence-corrected chi connectivity index (χ4v) is 2.20. The first-order valence-electron chi connectivity index (χ1n) is 6.15. The molecular weight excluding hydrogens is 228 g/mol. The van der Waals surface area contributed by atoms with Crippen molar-refractivity contribution in [2.45, 2.75) is 6.42 Å². The topological polar surface area (TPSA) is 73.1 Å². The minimum atomic E-state index is 0.566. The Morgan fingerprint density at radius 2 is 2.33 bits per heavy atom. The first-order chi connectivity index (χ1) is 8.83. The van der Waals surface area contributed by atoms with Gasteiger partial charge in [-0.3, -0.25) is 0 Å². The largest absolute Gasteiger partial charge is 0.399 e. The average Bonchev–Trinajstić information content (AvgIpc) is 2.89. The van der Waals surface area contributed by atoms with Crippen LogP contribution in [-0.4, -0.2) is 29.7 Å². The van der Waals surface area contributed by atoms with E-state index in [1.54, 1.807) is 6.33 Å². The van der Waals surface area contributed by atoms with Gasteiger partial charge in [-0.1, -0.05) is 0 Å². The number of nitrogen functional groups attached to an aromatic ring is 1. The minimum Gasteiger partial charge on any atom is -0.399 e. The van der Waals surface area contributed by atoms with Gasteiger partial charge in [0.15, 0.2) is 0 Å². The van der Waals surface area contributed by atoms with Gasteiger partial charge in [0.05, 0.1) is 12.1 Å². The summed E-state index contributed by atoms with van der Waals surface area (Å²) in [6.45, 7) is 2.57. The first kappa shape index (κ1) is 11.2. The predicted octanol–water partition coefficient (Wildman–Crippen LogP) is 1.66. The van der Waals surface area contributed by atoms with Gasteiger partial charge < -0.3 is 15.8 Å². The standard InChI is InChI=1S/C13H16N4O/c14-10-1-2-12-11(5-10)13(17-8-16-12)15-6-9-3-4-18-7-9/h1-2,5,8-9H,3-4,6-7,14H2,(H,15,16,17). The second kappa shape index (κ2) is 4.78. The molecule has 0 spiro atoms. The van der Waals surface area contributed by atoms with Gasteiger partial charge in [-0.2, -0.15) is 0 Å². The van der Waals surface area contributed by atoms with Gasteiger partial charge in [0.1, 0.15) is 12.1 Å². The molecular formula is C13H16N4O. The molecule has 0 radical (unpaired) electrons. The maximum absolute atomic E-state index is 5.81. The van der Waals surface area contributed by atoms with E-state index in [9.17, 15) is 0 Å². The molecule has 0 aliphatic carbocycles. The van der Waals surface area contributed by atoms with E-state index in [2.05, 4.69) is 15.3 Å². The third-order valence-electron chi connectivity index (χ3n) is 3.24. The Hall–Kier alpha value is -1.88. The zero-order valence-corrected chi connectivity index (χ0v) is 10.1. The van der Waals surface area contributed by atoms with Crippen molar-refractivity contribution in [3.05, 3.63) is 24.5 Å². The molecule has 2 heterocycles. The van der Waals surface area contributed by atoms with Gasteiger partial charge in [-0.15, -0.1) is 0 Å². The molecule has 0 amide bonds. The van der Waals surface area contributed by atoms with E-state index >= 15 is 0 Å². The fraction of sp³-hybridized carbons (Fsp3) is 0.385. The molecule has 3 rings (SSSR count). The van der Waals surface area contributed by atoms with Crippen LogP contribution >= 0.6 is 0 Å². The maximum atomic E-state index is 5.81. The summed E-state index contributed by atoms with van der Waals surface area (Å²) in [5.41, 5.74) is 7.44. The van der Waals surface area contributed by atoms with Crippen molar-refractivity contribution in [3.8, 4) is 0 Å². The molecule has 1 saturated heterocycles. The van der Waals surface area contributed by atoms with Crippen LogP contribution in [0.15, 0.2) is 24.5 Å². The van der Waals surface area contributed by atoms with Crippen molar-refractivity contribution in [2.75, 3.05) is 30.8 Å². The molecule has 1 fully saturated rings. The van der Waals surface area contributed by atoms with Gasteiger partial charge >= 0.3 is 0 Å². The maximum Gasteiger partial charge on any atom is 0.137 e. The molecule has 2 aromatic rings. The Bertz CT molecular complexity index is 552. The highest BCUT2D eigenvalue weighted by atomic mass is 16.5. The van der Waals surface area contributed by atoms with Crippen LogP contribution in [0.25, 0.3) is 10.9 Å². The molecule has 5 heteroatoms. The number of aromatic nitrogens is 2. The summed E-state index contributed by atoms with van der Waals surface area (Å²) in [4.78, 5) is 8.52. The summed E-state index contributed by atoms with van der Waals surface area (Å²) >= 11 is 0. The summed E-state index contributed by atoms with van der Waals surface area (Å²) in [6, 6.07) is 5.67. The lowest BCUT2D eigenvalue weighted by Gasteiger charge is -2.11. The molecule has 1 atom stereocenters. The molecule has 1 aromatic carbocycles. The Labute approximate surface area is 105 Å². The number of ether oxygens (including phenoxy) is 1. The zero-order chi connectivity index (χ0) is 12.4. The fourth-order valence-electron chi connectivity index (χ4n) is 2.20. The number of nitrogens with one attached hydrogen (secondary N) is 1. The smallest absolute Gasteiger partial charge is 0.137 e. The molecule has 5 nitrogen and oxygen atoms in total. The third kappa shape index (κ3) is 2.22. The second-order valence-corrected chi connectivity index (χ2v) is 4.61. The number of hydrogen-bond acceptors (Lipinski definition) is 5. The molecule has 1 aromatic heterocycles. The molecule has 1 aliphatic rings. The normalized spacial score (nSPS) is 19.2. The molecule has 0 saturated carbocycles. The van der Waals surface area contributed by atoms with Crippen LogP contribution in [-0.2, 0) is 4.74 Å². The molecule has 1 unspecified atom stereocenters. The van der Waals surface area contributed by atoms with Gasteiger partial charge in [0.25, 0.3) is 0 Å². The molecule has 18 heavy (non-hydrogen) atoms. The highest BCUT2D eigenvalue weighted by Gasteiger charge is 2.15. The third-order valence-corrected chi connectivity index (χ3v) is 3.24. The van der Waals surface area contributed by atoms with E-state index in [1.165, 1.54) is 0 Å². The summed E-state index contributed by atoms with van der Waals surface area (Å²) in [5.74, 6) is 1.41. The van der Waals surface area contributed by atoms with Crippen molar-refractivity contribution in [1.29, 1.82) is 0 Å². The van der Waals surface area contributed by atoms with Crippen LogP contribution in [0.5, 0.6) is 0 Å². The monoisotopic (exact) mass is 244 g/mol. The molecule has 94 valence electrons. The number of nitrogens with two attached hydrogens (primary N) is 1. The first-order valence-corrected chi connectivity index (χ1v) is 6.15. The highest BCUT2D eigenvalue weighted by Crippen LogP contribution is 2.22. The van der Waals surface area contributed by atoms with Gasteiger partial charge in [-0.25, -0.2) is 9.97 Å². The average molecular weight is 244 g/mol. The van der Waals surface area contributed by atoms with Crippen molar-refractivity contribution in [3.63, 3.8) is 0 Å². The Morgan fingerprint density at radius 1 is 1.39 bits per heavy atom. The summed E-state index contributed by atoms with van der Waals surface area (Å²) in [5, 5.41) is 4.34. The van der Waals surface area contributed by atoms with E-state index in [1.807, 2.05) is 18.2 Å². The summed E-state index contributed by atoms with van der Waals surface area (Å²) < 4.78 is 5.36. The number of hydrogen-bond donors (Lipinski definition) is 2. The van der Waals surface area contributed by atoms with Gasteiger partial charge in [0.2, 0.25) is 0 Å². The number of anilines is 2.